The van der Waals surface area contributed by atoms with E-state index in [2.05, 4.69) is 10.3 Å². The van der Waals surface area contributed by atoms with Gasteiger partial charge in [0.2, 0.25) is 0 Å². The molecule has 0 radical (unpaired) electrons. The van der Waals surface area contributed by atoms with Gasteiger partial charge in [-0.25, -0.2) is 17.9 Å². The van der Waals surface area contributed by atoms with Crippen LogP contribution in [0, 0.1) is 17.5 Å². The van der Waals surface area contributed by atoms with E-state index in [4.69, 9.17) is 11.6 Å². The Kier molecular flexibility index (Phi) is 2.82. The summed E-state index contributed by atoms with van der Waals surface area (Å²) >= 11 is 5.56. The first-order chi connectivity index (χ1) is 7.63. The number of halogens is 4. The van der Waals surface area contributed by atoms with Crippen LogP contribution in [0.4, 0.5) is 13.2 Å². The van der Waals surface area contributed by atoms with Gasteiger partial charge >= 0.3 is 0 Å². The van der Waals surface area contributed by atoms with Gasteiger partial charge in [0.25, 0.3) is 0 Å². The SMILES string of the molecule is Fc1cc(F)c(-n2nncc2CCl)cc1F. The molecular formula is C9H5ClF3N3. The van der Waals surface area contributed by atoms with Crippen LogP contribution in [-0.2, 0) is 5.88 Å². The smallest absolute Gasteiger partial charge is 0.161 e. The predicted octanol–water partition coefficient (Wildman–Crippen LogP) is 2.42. The molecular weight excluding hydrogens is 243 g/mol. The minimum Gasteiger partial charge on any atom is -0.213 e. The molecule has 0 amide bonds. The predicted molar refractivity (Wildman–Crippen MR) is 50.8 cm³/mol. The Balaban J connectivity index is 2.60. The minimum atomic E-state index is -1.26. The third-order valence-corrected chi connectivity index (χ3v) is 2.25. The minimum absolute atomic E-state index is 0.0332. The van der Waals surface area contributed by atoms with Crippen LogP contribution in [0.1, 0.15) is 5.69 Å². The lowest BCUT2D eigenvalue weighted by Gasteiger charge is -2.05. The number of benzene rings is 1. The highest BCUT2D eigenvalue weighted by atomic mass is 35.5. The van der Waals surface area contributed by atoms with Gasteiger partial charge in [-0.3, -0.25) is 0 Å². The van der Waals surface area contributed by atoms with Crippen LogP contribution in [0.15, 0.2) is 18.3 Å². The maximum Gasteiger partial charge on any atom is 0.161 e. The Bertz CT molecular complexity index is 527. The van der Waals surface area contributed by atoms with Crippen molar-refractivity contribution in [3.05, 3.63) is 41.5 Å². The van der Waals surface area contributed by atoms with Crippen LogP contribution in [0.2, 0.25) is 0 Å². The van der Waals surface area contributed by atoms with Crippen molar-refractivity contribution in [1.82, 2.24) is 15.0 Å². The second kappa shape index (κ2) is 4.13. The zero-order chi connectivity index (χ0) is 11.7. The lowest BCUT2D eigenvalue weighted by molar-refractivity contribution is 0.490. The Labute approximate surface area is 93.4 Å². The lowest BCUT2D eigenvalue weighted by Crippen LogP contribution is -2.05. The molecule has 2 aromatic rings. The number of aromatic nitrogens is 3. The summed E-state index contributed by atoms with van der Waals surface area (Å²) in [6, 6.07) is 1.15. The second-order valence-corrected chi connectivity index (χ2v) is 3.26. The van der Waals surface area contributed by atoms with Crippen LogP contribution in [-0.4, -0.2) is 15.0 Å². The van der Waals surface area contributed by atoms with Gasteiger partial charge in [-0.1, -0.05) is 5.21 Å². The van der Waals surface area contributed by atoms with Crippen molar-refractivity contribution >= 4 is 11.6 Å². The van der Waals surface area contributed by atoms with E-state index < -0.39 is 17.5 Å². The highest BCUT2D eigenvalue weighted by molar-refractivity contribution is 6.16. The van der Waals surface area contributed by atoms with E-state index >= 15 is 0 Å². The average molecular weight is 248 g/mol. The molecule has 3 nitrogen and oxygen atoms in total. The molecule has 16 heavy (non-hydrogen) atoms. The van der Waals surface area contributed by atoms with E-state index in [-0.39, 0.29) is 11.6 Å². The van der Waals surface area contributed by atoms with Gasteiger partial charge < -0.3 is 0 Å². The van der Waals surface area contributed by atoms with Crippen molar-refractivity contribution in [2.45, 2.75) is 5.88 Å². The fourth-order valence-corrected chi connectivity index (χ4v) is 1.41. The zero-order valence-corrected chi connectivity index (χ0v) is 8.55. The van der Waals surface area contributed by atoms with Gasteiger partial charge in [0, 0.05) is 12.1 Å². The monoisotopic (exact) mass is 247 g/mol. The molecule has 0 aliphatic carbocycles. The first-order valence-electron chi connectivity index (χ1n) is 4.24. The van der Waals surface area contributed by atoms with Gasteiger partial charge in [-0.05, 0) is 0 Å². The molecule has 0 fully saturated rings. The summed E-state index contributed by atoms with van der Waals surface area (Å²) in [5.74, 6) is -3.32. The summed E-state index contributed by atoms with van der Waals surface area (Å²) in [5.41, 5.74) is 0.152. The number of hydrogen-bond acceptors (Lipinski definition) is 2. The Morgan fingerprint density at radius 3 is 2.50 bits per heavy atom. The van der Waals surface area contributed by atoms with E-state index in [9.17, 15) is 13.2 Å². The largest absolute Gasteiger partial charge is 0.213 e. The van der Waals surface area contributed by atoms with Crippen molar-refractivity contribution in [3.63, 3.8) is 0 Å². The van der Waals surface area contributed by atoms with Crippen molar-refractivity contribution in [2.75, 3.05) is 0 Å². The van der Waals surface area contributed by atoms with E-state index in [0.29, 0.717) is 17.8 Å². The molecule has 0 unspecified atom stereocenters. The standard InChI is InChI=1S/C9H5ClF3N3/c10-3-5-4-14-15-16(5)9-2-7(12)6(11)1-8(9)13/h1-2,4H,3H2. The van der Waals surface area contributed by atoms with Gasteiger partial charge in [-0.2, -0.15) is 0 Å². The molecule has 0 aliphatic rings. The first kappa shape index (κ1) is 10.9. The summed E-state index contributed by atoms with van der Waals surface area (Å²) in [4.78, 5) is 0. The third kappa shape index (κ3) is 1.76. The quantitative estimate of drug-likeness (QED) is 0.603. The van der Waals surface area contributed by atoms with Crippen LogP contribution in [0.3, 0.4) is 0 Å². The van der Waals surface area contributed by atoms with Crippen molar-refractivity contribution < 1.29 is 13.2 Å². The molecule has 0 saturated heterocycles. The average Bonchev–Trinajstić information content (AvgIpc) is 2.71. The van der Waals surface area contributed by atoms with Crippen molar-refractivity contribution in [3.8, 4) is 5.69 Å². The van der Waals surface area contributed by atoms with Crippen LogP contribution in [0.5, 0.6) is 0 Å². The van der Waals surface area contributed by atoms with E-state index in [1.165, 1.54) is 6.20 Å². The highest BCUT2D eigenvalue weighted by Crippen LogP contribution is 2.18. The van der Waals surface area contributed by atoms with Crippen LogP contribution >= 0.6 is 11.6 Å². The van der Waals surface area contributed by atoms with Crippen molar-refractivity contribution in [2.24, 2.45) is 0 Å². The molecule has 0 saturated carbocycles. The molecule has 2 rings (SSSR count). The topological polar surface area (TPSA) is 30.7 Å². The molecule has 1 heterocycles. The first-order valence-corrected chi connectivity index (χ1v) is 4.77. The van der Waals surface area contributed by atoms with E-state index in [1.807, 2.05) is 0 Å². The number of alkyl halides is 1. The van der Waals surface area contributed by atoms with E-state index in [1.54, 1.807) is 0 Å². The lowest BCUT2D eigenvalue weighted by atomic mass is 10.3. The molecule has 0 N–H and O–H groups in total. The van der Waals surface area contributed by atoms with Gasteiger partial charge in [-0.15, -0.1) is 16.7 Å². The third-order valence-electron chi connectivity index (χ3n) is 1.97. The summed E-state index contributed by atoms with van der Waals surface area (Å²) in [6.45, 7) is 0. The molecule has 7 heteroatoms. The summed E-state index contributed by atoms with van der Waals surface area (Å²) < 4.78 is 40.0. The zero-order valence-electron chi connectivity index (χ0n) is 7.79. The van der Waals surface area contributed by atoms with Gasteiger partial charge in [0.1, 0.15) is 5.69 Å². The summed E-state index contributed by atoms with van der Waals surface area (Å²) in [5, 5.41) is 7.05. The van der Waals surface area contributed by atoms with Crippen LogP contribution < -0.4 is 0 Å². The molecule has 0 spiro atoms. The fourth-order valence-electron chi connectivity index (χ4n) is 1.22. The molecule has 1 aromatic heterocycles. The normalized spacial score (nSPS) is 10.8. The number of hydrogen-bond donors (Lipinski definition) is 0. The highest BCUT2D eigenvalue weighted by Gasteiger charge is 2.14. The Hall–Kier alpha value is -1.56. The maximum absolute atomic E-state index is 13.4. The second-order valence-electron chi connectivity index (χ2n) is 2.99. The van der Waals surface area contributed by atoms with E-state index in [0.717, 1.165) is 4.68 Å². The Morgan fingerprint density at radius 1 is 1.12 bits per heavy atom. The molecule has 84 valence electrons. The maximum atomic E-state index is 13.4. The van der Waals surface area contributed by atoms with Crippen molar-refractivity contribution in [1.29, 1.82) is 0 Å². The summed E-state index contributed by atoms with van der Waals surface area (Å²) in [6.07, 6.45) is 1.31. The number of rotatable bonds is 2. The van der Waals surface area contributed by atoms with Gasteiger partial charge in [0.05, 0.1) is 17.8 Å². The Morgan fingerprint density at radius 2 is 1.81 bits per heavy atom. The molecule has 0 atom stereocenters. The fraction of sp³-hybridized carbons (Fsp3) is 0.111. The van der Waals surface area contributed by atoms with Gasteiger partial charge in [0.15, 0.2) is 17.5 Å². The molecule has 0 bridgehead atoms. The molecule has 0 aliphatic heterocycles. The summed E-state index contributed by atoms with van der Waals surface area (Å²) in [7, 11) is 0. The molecule has 1 aromatic carbocycles. The number of nitrogens with zero attached hydrogens (tertiary/aromatic N) is 3. The van der Waals surface area contributed by atoms with Crippen LogP contribution in [0.25, 0.3) is 5.69 Å².